The summed E-state index contributed by atoms with van der Waals surface area (Å²) in [6.07, 6.45) is 3.58. The number of hydrogen-bond donors (Lipinski definition) is 1. The highest BCUT2D eigenvalue weighted by Gasteiger charge is 2.10. The Labute approximate surface area is 129 Å². The standard InChI is InChI=1S/C18H18FNO2/c1-13(20(22)14(2)21)6-7-15-4-3-5-17(12-15)16-8-10-18(19)11-9-16/h3-13,22H,1-2H3/b7-6+/t13-/m0/s1. The Morgan fingerprint density at radius 3 is 2.50 bits per heavy atom. The Morgan fingerprint density at radius 1 is 1.18 bits per heavy atom. The van der Waals surface area contributed by atoms with Crippen molar-refractivity contribution in [3.63, 3.8) is 0 Å². The van der Waals surface area contributed by atoms with Crippen molar-refractivity contribution in [1.82, 2.24) is 5.06 Å². The highest BCUT2D eigenvalue weighted by molar-refractivity contribution is 5.72. The molecular weight excluding hydrogens is 281 g/mol. The first-order valence-electron chi connectivity index (χ1n) is 7.00. The van der Waals surface area contributed by atoms with Gasteiger partial charge in [0.05, 0.1) is 6.04 Å². The van der Waals surface area contributed by atoms with Crippen molar-refractivity contribution in [3.05, 3.63) is 66.0 Å². The van der Waals surface area contributed by atoms with Gasteiger partial charge >= 0.3 is 0 Å². The van der Waals surface area contributed by atoms with Gasteiger partial charge in [0.15, 0.2) is 0 Å². The van der Waals surface area contributed by atoms with Gasteiger partial charge in [-0.2, -0.15) is 0 Å². The van der Waals surface area contributed by atoms with Crippen molar-refractivity contribution in [3.8, 4) is 11.1 Å². The molecule has 0 saturated carbocycles. The third-order valence-electron chi connectivity index (χ3n) is 3.34. The average molecular weight is 299 g/mol. The Hall–Kier alpha value is -2.46. The molecule has 0 aliphatic rings. The number of benzene rings is 2. The maximum atomic E-state index is 13.0. The molecular formula is C18H18FNO2. The minimum Gasteiger partial charge on any atom is -0.285 e. The molecule has 0 saturated heterocycles. The van der Waals surface area contributed by atoms with Crippen molar-refractivity contribution in [1.29, 1.82) is 0 Å². The van der Waals surface area contributed by atoms with Crippen molar-refractivity contribution in [2.24, 2.45) is 0 Å². The number of carbonyl (C=O) groups is 1. The summed E-state index contributed by atoms with van der Waals surface area (Å²) in [5.74, 6) is -0.668. The summed E-state index contributed by atoms with van der Waals surface area (Å²) in [4.78, 5) is 11.1. The topological polar surface area (TPSA) is 40.5 Å². The minimum atomic E-state index is -0.410. The first-order chi connectivity index (χ1) is 10.5. The second-order valence-electron chi connectivity index (χ2n) is 5.10. The number of hydroxylamine groups is 2. The monoisotopic (exact) mass is 299 g/mol. The van der Waals surface area contributed by atoms with Gasteiger partial charge in [0.2, 0.25) is 5.91 Å². The van der Waals surface area contributed by atoms with Crippen LogP contribution in [0, 0.1) is 5.82 Å². The van der Waals surface area contributed by atoms with Crippen molar-refractivity contribution in [2.45, 2.75) is 19.9 Å². The van der Waals surface area contributed by atoms with Crippen LogP contribution in [0.2, 0.25) is 0 Å². The SMILES string of the molecule is CC(=O)N(O)[C@@H](C)/C=C/c1cccc(-c2ccc(F)cc2)c1. The number of amides is 1. The van der Waals surface area contributed by atoms with Crippen molar-refractivity contribution in [2.75, 3.05) is 0 Å². The Morgan fingerprint density at radius 2 is 1.86 bits per heavy atom. The van der Waals surface area contributed by atoms with E-state index < -0.39 is 11.9 Å². The maximum absolute atomic E-state index is 13.0. The van der Waals surface area contributed by atoms with Crippen LogP contribution >= 0.6 is 0 Å². The molecule has 2 aromatic carbocycles. The largest absolute Gasteiger partial charge is 0.285 e. The first-order valence-corrected chi connectivity index (χ1v) is 7.00. The average Bonchev–Trinajstić information content (AvgIpc) is 2.52. The van der Waals surface area contributed by atoms with Crippen LogP contribution in [0.1, 0.15) is 19.4 Å². The van der Waals surface area contributed by atoms with E-state index in [1.165, 1.54) is 19.1 Å². The molecule has 0 unspecified atom stereocenters. The fourth-order valence-electron chi connectivity index (χ4n) is 2.08. The molecule has 114 valence electrons. The van der Waals surface area contributed by atoms with Gasteiger partial charge < -0.3 is 0 Å². The molecule has 3 nitrogen and oxygen atoms in total. The summed E-state index contributed by atoms with van der Waals surface area (Å²) >= 11 is 0. The molecule has 0 spiro atoms. The predicted octanol–water partition coefficient (Wildman–Crippen LogP) is 4.13. The molecule has 1 N–H and O–H groups in total. The second-order valence-corrected chi connectivity index (χ2v) is 5.10. The Bertz CT molecular complexity index is 680. The van der Waals surface area contributed by atoms with Crippen LogP contribution in [0.15, 0.2) is 54.6 Å². The second kappa shape index (κ2) is 7.00. The van der Waals surface area contributed by atoms with Crippen LogP contribution in [0.3, 0.4) is 0 Å². The van der Waals surface area contributed by atoms with E-state index in [2.05, 4.69) is 0 Å². The van der Waals surface area contributed by atoms with E-state index in [-0.39, 0.29) is 5.82 Å². The maximum Gasteiger partial charge on any atom is 0.243 e. The third kappa shape index (κ3) is 4.02. The quantitative estimate of drug-likeness (QED) is 0.681. The summed E-state index contributed by atoms with van der Waals surface area (Å²) in [6, 6.07) is 13.6. The van der Waals surface area contributed by atoms with Crippen LogP contribution in [-0.4, -0.2) is 22.2 Å². The molecule has 0 radical (unpaired) electrons. The summed E-state index contributed by atoms with van der Waals surface area (Å²) in [5.41, 5.74) is 2.84. The molecule has 0 aromatic heterocycles. The summed E-state index contributed by atoms with van der Waals surface area (Å²) < 4.78 is 13.0. The van der Waals surface area contributed by atoms with E-state index in [1.54, 1.807) is 25.1 Å². The van der Waals surface area contributed by atoms with E-state index >= 15 is 0 Å². The summed E-state index contributed by atoms with van der Waals surface area (Å²) in [6.45, 7) is 3.03. The summed E-state index contributed by atoms with van der Waals surface area (Å²) in [7, 11) is 0. The fourth-order valence-corrected chi connectivity index (χ4v) is 2.08. The van der Waals surface area contributed by atoms with Gasteiger partial charge in [-0.05, 0) is 41.8 Å². The number of rotatable bonds is 4. The van der Waals surface area contributed by atoms with E-state index in [9.17, 15) is 14.4 Å². The lowest BCUT2D eigenvalue weighted by molar-refractivity contribution is -0.167. The van der Waals surface area contributed by atoms with Crippen LogP contribution in [0.5, 0.6) is 0 Å². The zero-order valence-electron chi connectivity index (χ0n) is 12.5. The van der Waals surface area contributed by atoms with Crippen LogP contribution in [0.4, 0.5) is 4.39 Å². The molecule has 0 aliphatic heterocycles. The lowest BCUT2D eigenvalue weighted by atomic mass is 10.0. The van der Waals surface area contributed by atoms with Gasteiger partial charge in [-0.25, -0.2) is 9.45 Å². The van der Waals surface area contributed by atoms with Gasteiger partial charge in [0.25, 0.3) is 0 Å². The Balaban J connectivity index is 2.18. The fraction of sp³-hybridized carbons (Fsp3) is 0.167. The van der Waals surface area contributed by atoms with E-state index in [0.29, 0.717) is 5.06 Å². The van der Waals surface area contributed by atoms with Gasteiger partial charge in [-0.3, -0.25) is 10.0 Å². The number of nitrogens with zero attached hydrogens (tertiary/aromatic N) is 1. The molecule has 1 amide bonds. The minimum absolute atomic E-state index is 0.263. The predicted molar refractivity (Wildman–Crippen MR) is 84.6 cm³/mol. The van der Waals surface area contributed by atoms with Crippen LogP contribution in [-0.2, 0) is 4.79 Å². The number of hydrogen-bond acceptors (Lipinski definition) is 2. The highest BCUT2D eigenvalue weighted by Crippen LogP contribution is 2.21. The molecule has 0 fully saturated rings. The molecule has 1 atom stereocenters. The van der Waals surface area contributed by atoms with E-state index in [4.69, 9.17) is 0 Å². The van der Waals surface area contributed by atoms with Crippen molar-refractivity contribution < 1.29 is 14.4 Å². The van der Waals surface area contributed by atoms with Gasteiger partial charge in [0.1, 0.15) is 5.82 Å². The van der Waals surface area contributed by atoms with Gasteiger partial charge in [-0.1, -0.05) is 42.5 Å². The smallest absolute Gasteiger partial charge is 0.243 e. The van der Waals surface area contributed by atoms with Gasteiger partial charge in [0, 0.05) is 6.92 Å². The highest BCUT2D eigenvalue weighted by atomic mass is 19.1. The van der Waals surface area contributed by atoms with E-state index in [1.807, 2.05) is 30.3 Å². The molecule has 22 heavy (non-hydrogen) atoms. The lowest BCUT2D eigenvalue weighted by Gasteiger charge is -2.17. The third-order valence-corrected chi connectivity index (χ3v) is 3.34. The van der Waals surface area contributed by atoms with Crippen LogP contribution < -0.4 is 0 Å². The van der Waals surface area contributed by atoms with Crippen molar-refractivity contribution >= 4 is 12.0 Å². The number of halogens is 1. The molecule has 4 heteroatoms. The van der Waals surface area contributed by atoms with Gasteiger partial charge in [-0.15, -0.1) is 0 Å². The van der Waals surface area contributed by atoms with E-state index in [0.717, 1.165) is 16.7 Å². The zero-order valence-corrected chi connectivity index (χ0v) is 12.5. The molecule has 0 aliphatic carbocycles. The molecule has 0 bridgehead atoms. The normalized spacial score (nSPS) is 12.4. The van der Waals surface area contributed by atoms with Crippen LogP contribution in [0.25, 0.3) is 17.2 Å². The molecule has 2 rings (SSSR count). The molecule has 2 aromatic rings. The lowest BCUT2D eigenvalue weighted by Crippen LogP contribution is -2.32. The zero-order chi connectivity index (χ0) is 16.1. The molecule has 0 heterocycles. The summed E-state index contributed by atoms with van der Waals surface area (Å²) in [5, 5.41) is 10.2. The first kappa shape index (κ1) is 15.9. The Kier molecular flexibility index (Phi) is 5.07. The number of carbonyl (C=O) groups excluding carboxylic acids is 1.